The van der Waals surface area contributed by atoms with Gasteiger partial charge < -0.3 is 10.6 Å². The van der Waals surface area contributed by atoms with Gasteiger partial charge in [0.1, 0.15) is 0 Å². The summed E-state index contributed by atoms with van der Waals surface area (Å²) in [5.41, 5.74) is 8.21. The normalized spacial score (nSPS) is 19.1. The Kier molecular flexibility index (Phi) is 5.61. The van der Waals surface area contributed by atoms with Gasteiger partial charge in [-0.3, -0.25) is 4.79 Å². The lowest BCUT2D eigenvalue weighted by Crippen LogP contribution is -2.47. The average Bonchev–Trinajstić information content (AvgIpc) is 2.48. The van der Waals surface area contributed by atoms with Crippen LogP contribution in [-0.2, 0) is 11.2 Å². The first kappa shape index (κ1) is 15.5. The third kappa shape index (κ3) is 3.83. The Balaban J connectivity index is 1.92. The van der Waals surface area contributed by atoms with Gasteiger partial charge in [-0.2, -0.15) is 0 Å². The highest BCUT2D eigenvalue weighted by Crippen LogP contribution is 2.20. The van der Waals surface area contributed by atoms with Crippen LogP contribution in [-0.4, -0.2) is 29.9 Å². The van der Waals surface area contributed by atoms with Crippen molar-refractivity contribution >= 4 is 21.8 Å². The fourth-order valence-corrected chi connectivity index (χ4v) is 3.08. The minimum absolute atomic E-state index is 0.251. The SMILES string of the molecule is Cc1cc(CCC(=O)N2CCCCC2CN)ccc1Br. The monoisotopic (exact) mass is 338 g/mol. The van der Waals surface area contributed by atoms with Crippen LogP contribution in [0.5, 0.6) is 0 Å². The van der Waals surface area contributed by atoms with Crippen LogP contribution >= 0.6 is 15.9 Å². The standard InChI is InChI=1S/C16H23BrN2O/c1-12-10-13(5-7-15(12)17)6-8-16(20)19-9-3-2-4-14(19)11-18/h5,7,10,14H,2-4,6,8-9,11,18H2,1H3. The van der Waals surface area contributed by atoms with Gasteiger partial charge in [-0.15, -0.1) is 0 Å². The van der Waals surface area contributed by atoms with E-state index in [1.54, 1.807) is 0 Å². The summed E-state index contributed by atoms with van der Waals surface area (Å²) in [4.78, 5) is 14.3. The predicted molar refractivity (Wildman–Crippen MR) is 85.6 cm³/mol. The number of hydrogen-bond donors (Lipinski definition) is 1. The Morgan fingerprint density at radius 2 is 2.25 bits per heavy atom. The van der Waals surface area contributed by atoms with E-state index >= 15 is 0 Å². The summed E-state index contributed by atoms with van der Waals surface area (Å²) in [5, 5.41) is 0. The lowest BCUT2D eigenvalue weighted by molar-refractivity contribution is -0.134. The second kappa shape index (κ2) is 7.23. The topological polar surface area (TPSA) is 46.3 Å². The summed E-state index contributed by atoms with van der Waals surface area (Å²) in [5.74, 6) is 0.251. The molecule has 0 aromatic heterocycles. The smallest absolute Gasteiger partial charge is 0.223 e. The highest BCUT2D eigenvalue weighted by molar-refractivity contribution is 9.10. The summed E-state index contributed by atoms with van der Waals surface area (Å²) in [6, 6.07) is 6.54. The third-order valence-electron chi connectivity index (χ3n) is 4.07. The number of piperidine rings is 1. The van der Waals surface area contributed by atoms with Crippen LogP contribution in [0.1, 0.15) is 36.8 Å². The Bertz CT molecular complexity index is 476. The van der Waals surface area contributed by atoms with Crippen molar-refractivity contribution in [2.75, 3.05) is 13.1 Å². The Morgan fingerprint density at radius 1 is 1.45 bits per heavy atom. The van der Waals surface area contributed by atoms with E-state index in [-0.39, 0.29) is 11.9 Å². The molecular formula is C16H23BrN2O. The number of nitrogens with two attached hydrogens (primary N) is 1. The van der Waals surface area contributed by atoms with Crippen molar-refractivity contribution in [1.82, 2.24) is 4.90 Å². The van der Waals surface area contributed by atoms with E-state index in [4.69, 9.17) is 5.73 Å². The number of benzene rings is 1. The number of amides is 1. The van der Waals surface area contributed by atoms with Crippen molar-refractivity contribution in [2.45, 2.75) is 45.1 Å². The zero-order chi connectivity index (χ0) is 14.5. The van der Waals surface area contributed by atoms with Gasteiger partial charge in [-0.05, 0) is 49.8 Å². The van der Waals surface area contributed by atoms with Crippen molar-refractivity contribution in [1.29, 1.82) is 0 Å². The largest absolute Gasteiger partial charge is 0.338 e. The molecule has 110 valence electrons. The van der Waals surface area contributed by atoms with Crippen molar-refractivity contribution in [3.8, 4) is 0 Å². The van der Waals surface area contributed by atoms with Gasteiger partial charge in [0.2, 0.25) is 5.91 Å². The van der Waals surface area contributed by atoms with Crippen molar-refractivity contribution < 1.29 is 4.79 Å². The number of halogens is 1. The van der Waals surface area contributed by atoms with Crippen LogP contribution in [0.25, 0.3) is 0 Å². The maximum Gasteiger partial charge on any atom is 0.223 e. The molecule has 1 unspecified atom stereocenters. The fraction of sp³-hybridized carbons (Fsp3) is 0.562. The molecule has 4 heteroatoms. The fourth-order valence-electron chi connectivity index (χ4n) is 2.83. The van der Waals surface area contributed by atoms with E-state index in [2.05, 4.69) is 41.1 Å². The lowest BCUT2D eigenvalue weighted by Gasteiger charge is -2.35. The molecule has 2 rings (SSSR count). The van der Waals surface area contributed by atoms with Gasteiger partial charge in [-0.25, -0.2) is 0 Å². The molecule has 1 saturated heterocycles. The molecule has 1 atom stereocenters. The first-order valence-electron chi connectivity index (χ1n) is 7.36. The van der Waals surface area contributed by atoms with E-state index < -0.39 is 0 Å². The third-order valence-corrected chi connectivity index (χ3v) is 4.96. The lowest BCUT2D eigenvalue weighted by atomic mass is 10.0. The van der Waals surface area contributed by atoms with Crippen molar-refractivity contribution in [3.63, 3.8) is 0 Å². The molecule has 1 heterocycles. The second-order valence-corrected chi connectivity index (χ2v) is 6.41. The summed E-state index contributed by atoms with van der Waals surface area (Å²) in [7, 11) is 0. The molecule has 1 aromatic carbocycles. The minimum atomic E-state index is 0.251. The van der Waals surface area contributed by atoms with E-state index in [0.717, 1.165) is 30.3 Å². The number of nitrogens with zero attached hydrogens (tertiary/aromatic N) is 1. The van der Waals surface area contributed by atoms with E-state index in [9.17, 15) is 4.79 Å². The molecule has 1 aliphatic rings. The number of likely N-dealkylation sites (tertiary alicyclic amines) is 1. The number of carbonyl (C=O) groups is 1. The van der Waals surface area contributed by atoms with Crippen molar-refractivity contribution in [2.24, 2.45) is 5.73 Å². The van der Waals surface area contributed by atoms with Crippen molar-refractivity contribution in [3.05, 3.63) is 33.8 Å². The zero-order valence-electron chi connectivity index (χ0n) is 12.1. The Hall–Kier alpha value is -0.870. The highest BCUT2D eigenvalue weighted by Gasteiger charge is 2.24. The second-order valence-electron chi connectivity index (χ2n) is 5.56. The quantitative estimate of drug-likeness (QED) is 0.917. The molecule has 1 aromatic rings. The van der Waals surface area contributed by atoms with Gasteiger partial charge in [0.25, 0.3) is 0 Å². The van der Waals surface area contributed by atoms with Crippen LogP contribution in [0.3, 0.4) is 0 Å². The molecule has 0 saturated carbocycles. The van der Waals surface area contributed by atoms with Crippen LogP contribution in [0, 0.1) is 6.92 Å². The van der Waals surface area contributed by atoms with Gasteiger partial charge in [-0.1, -0.05) is 28.1 Å². The molecule has 0 radical (unpaired) electrons. The molecule has 0 bridgehead atoms. The van der Waals surface area contributed by atoms with E-state index in [0.29, 0.717) is 13.0 Å². The number of hydrogen-bond acceptors (Lipinski definition) is 2. The van der Waals surface area contributed by atoms with E-state index in [1.807, 2.05) is 4.90 Å². The molecule has 2 N–H and O–H groups in total. The summed E-state index contributed by atoms with van der Waals surface area (Å²) in [6.07, 6.45) is 4.75. The molecule has 0 spiro atoms. The molecule has 3 nitrogen and oxygen atoms in total. The highest BCUT2D eigenvalue weighted by atomic mass is 79.9. The summed E-state index contributed by atoms with van der Waals surface area (Å²) in [6.45, 7) is 3.54. The molecular weight excluding hydrogens is 316 g/mol. The summed E-state index contributed by atoms with van der Waals surface area (Å²) >= 11 is 3.50. The molecule has 1 amide bonds. The van der Waals surface area contributed by atoms with Gasteiger partial charge in [0.05, 0.1) is 0 Å². The Morgan fingerprint density at radius 3 is 2.95 bits per heavy atom. The average molecular weight is 339 g/mol. The van der Waals surface area contributed by atoms with Gasteiger partial charge in [0.15, 0.2) is 0 Å². The van der Waals surface area contributed by atoms with Crippen LogP contribution in [0.15, 0.2) is 22.7 Å². The summed E-state index contributed by atoms with van der Waals surface area (Å²) < 4.78 is 1.12. The first-order chi connectivity index (χ1) is 9.61. The number of aryl methyl sites for hydroxylation is 2. The number of carbonyl (C=O) groups excluding carboxylic acids is 1. The number of rotatable bonds is 4. The van der Waals surface area contributed by atoms with E-state index in [1.165, 1.54) is 17.5 Å². The van der Waals surface area contributed by atoms with Crippen LogP contribution < -0.4 is 5.73 Å². The van der Waals surface area contributed by atoms with Gasteiger partial charge in [0, 0.05) is 30.0 Å². The maximum absolute atomic E-state index is 12.4. The molecule has 1 fully saturated rings. The minimum Gasteiger partial charge on any atom is -0.338 e. The van der Waals surface area contributed by atoms with Crippen LogP contribution in [0.4, 0.5) is 0 Å². The molecule has 1 aliphatic heterocycles. The van der Waals surface area contributed by atoms with Crippen LogP contribution in [0.2, 0.25) is 0 Å². The molecule has 0 aliphatic carbocycles. The molecule has 20 heavy (non-hydrogen) atoms. The van der Waals surface area contributed by atoms with Gasteiger partial charge >= 0.3 is 0 Å². The predicted octanol–water partition coefficient (Wildman–Crippen LogP) is 3.03. The Labute approximate surface area is 129 Å². The zero-order valence-corrected chi connectivity index (χ0v) is 13.7. The first-order valence-corrected chi connectivity index (χ1v) is 8.15. The maximum atomic E-state index is 12.4.